The van der Waals surface area contributed by atoms with E-state index in [0.29, 0.717) is 0 Å². The maximum Gasteiger partial charge on any atom is 0.142 e. The Morgan fingerprint density at radius 1 is 0.609 bits per heavy atom. The first kappa shape index (κ1) is 12.5. The molecule has 0 fully saturated rings. The molecule has 0 saturated heterocycles. The molecule has 0 spiro atoms. The second kappa shape index (κ2) is 4.72. The molecular weight excluding hydrogens is 280 g/mol. The first-order chi connectivity index (χ1) is 11.4. The van der Waals surface area contributed by atoms with Crippen LogP contribution in [-0.4, -0.2) is 0 Å². The van der Waals surface area contributed by atoms with Crippen molar-refractivity contribution in [2.24, 2.45) is 0 Å². The summed E-state index contributed by atoms with van der Waals surface area (Å²) in [6.07, 6.45) is 7.86. The molecule has 0 unspecified atom stereocenters. The van der Waals surface area contributed by atoms with Gasteiger partial charge in [0.2, 0.25) is 0 Å². The lowest BCUT2D eigenvalue weighted by Gasteiger charge is -2.14. The molecule has 5 rings (SSSR count). The fourth-order valence-corrected chi connectivity index (χ4v) is 3.47. The van der Waals surface area contributed by atoms with Gasteiger partial charge in [-0.3, -0.25) is 0 Å². The van der Waals surface area contributed by atoms with Crippen LogP contribution in [0.25, 0.3) is 38.4 Å². The Hall–Kier alpha value is -3.06. The normalized spacial score (nSPS) is 13.2. The van der Waals surface area contributed by atoms with Crippen LogP contribution in [0.3, 0.4) is 0 Å². The van der Waals surface area contributed by atoms with Crippen molar-refractivity contribution >= 4 is 38.4 Å². The van der Waals surface area contributed by atoms with Crippen LogP contribution in [0, 0.1) is 0 Å². The minimum atomic E-state index is 0.939. The number of fused-ring (bicyclic) bond motifs is 7. The monoisotopic (exact) mass is 294 g/mol. The van der Waals surface area contributed by atoms with Gasteiger partial charge in [0.15, 0.2) is 0 Å². The van der Waals surface area contributed by atoms with Gasteiger partial charge in [-0.2, -0.15) is 0 Å². The van der Waals surface area contributed by atoms with Gasteiger partial charge in [0.25, 0.3) is 0 Å². The summed E-state index contributed by atoms with van der Waals surface area (Å²) in [4.78, 5) is 0. The molecule has 108 valence electrons. The van der Waals surface area contributed by atoms with E-state index < -0.39 is 0 Å². The zero-order valence-electron chi connectivity index (χ0n) is 12.5. The second-order valence-electron chi connectivity index (χ2n) is 5.84. The van der Waals surface area contributed by atoms with Crippen molar-refractivity contribution in [3.8, 4) is 5.75 Å². The number of benzene rings is 4. The van der Waals surface area contributed by atoms with E-state index in [4.69, 9.17) is 4.74 Å². The van der Waals surface area contributed by atoms with Gasteiger partial charge in [-0.1, -0.05) is 60.7 Å². The molecule has 4 aromatic carbocycles. The minimum absolute atomic E-state index is 0.939. The van der Waals surface area contributed by atoms with Crippen molar-refractivity contribution in [1.29, 1.82) is 0 Å². The predicted molar refractivity (Wildman–Crippen MR) is 97.8 cm³/mol. The standard InChI is InChI=1S/C22H14O/c1-2-8-16-14-21-20(13-15(16)7-1)18-10-4-3-9-17(18)19-11-5-6-12-23-22(19)21/h1-14H. The quantitative estimate of drug-likeness (QED) is 0.283. The molecule has 0 N–H and O–H groups in total. The van der Waals surface area contributed by atoms with E-state index in [2.05, 4.69) is 66.7 Å². The Morgan fingerprint density at radius 3 is 2.13 bits per heavy atom. The summed E-state index contributed by atoms with van der Waals surface area (Å²) in [6, 6.07) is 21.5. The van der Waals surface area contributed by atoms with Crippen molar-refractivity contribution < 1.29 is 4.74 Å². The number of hydrogen-bond acceptors (Lipinski definition) is 1. The van der Waals surface area contributed by atoms with Crippen LogP contribution in [0.2, 0.25) is 0 Å². The maximum atomic E-state index is 5.98. The molecule has 0 atom stereocenters. The van der Waals surface area contributed by atoms with Crippen LogP contribution in [0.4, 0.5) is 0 Å². The number of ether oxygens (including phenoxy) is 1. The van der Waals surface area contributed by atoms with Crippen molar-refractivity contribution in [1.82, 2.24) is 0 Å². The van der Waals surface area contributed by atoms with E-state index in [-0.39, 0.29) is 0 Å². The Bertz CT molecular complexity index is 1130. The highest BCUT2D eigenvalue weighted by Crippen LogP contribution is 2.41. The van der Waals surface area contributed by atoms with Gasteiger partial charge in [0, 0.05) is 10.9 Å². The largest absolute Gasteiger partial charge is 0.464 e. The van der Waals surface area contributed by atoms with E-state index in [0.717, 1.165) is 16.7 Å². The van der Waals surface area contributed by atoms with Gasteiger partial charge >= 0.3 is 0 Å². The van der Waals surface area contributed by atoms with E-state index in [1.165, 1.54) is 26.9 Å². The highest BCUT2D eigenvalue weighted by molar-refractivity contribution is 6.17. The van der Waals surface area contributed by atoms with Crippen molar-refractivity contribution in [2.75, 3.05) is 0 Å². The predicted octanol–water partition coefficient (Wildman–Crippen LogP) is 6.07. The molecule has 0 aromatic heterocycles. The zero-order chi connectivity index (χ0) is 15.2. The lowest BCUT2D eigenvalue weighted by atomic mass is 9.93. The molecule has 0 amide bonds. The summed E-state index contributed by atoms with van der Waals surface area (Å²) >= 11 is 0. The smallest absolute Gasteiger partial charge is 0.142 e. The molecule has 0 aliphatic carbocycles. The van der Waals surface area contributed by atoms with Gasteiger partial charge in [0.1, 0.15) is 5.75 Å². The van der Waals surface area contributed by atoms with Gasteiger partial charge in [-0.05, 0) is 45.1 Å². The van der Waals surface area contributed by atoms with Crippen molar-refractivity contribution in [2.45, 2.75) is 0 Å². The Kier molecular flexibility index (Phi) is 2.56. The molecule has 0 radical (unpaired) electrons. The Balaban J connectivity index is 2.08. The molecule has 23 heavy (non-hydrogen) atoms. The fourth-order valence-electron chi connectivity index (χ4n) is 3.47. The van der Waals surface area contributed by atoms with Gasteiger partial charge in [-0.25, -0.2) is 0 Å². The average Bonchev–Trinajstić information content (AvgIpc) is 2.87. The van der Waals surface area contributed by atoms with Crippen molar-refractivity contribution in [3.63, 3.8) is 0 Å². The molecule has 1 aliphatic heterocycles. The first-order valence-corrected chi connectivity index (χ1v) is 7.79. The van der Waals surface area contributed by atoms with Crippen LogP contribution in [0.5, 0.6) is 5.75 Å². The fraction of sp³-hybridized carbons (Fsp3) is 0. The minimum Gasteiger partial charge on any atom is -0.464 e. The topological polar surface area (TPSA) is 9.23 Å². The third-order valence-corrected chi connectivity index (χ3v) is 4.52. The molecule has 1 aliphatic rings. The first-order valence-electron chi connectivity index (χ1n) is 7.79. The zero-order valence-corrected chi connectivity index (χ0v) is 12.5. The average molecular weight is 294 g/mol. The molecule has 1 nitrogen and oxygen atoms in total. The van der Waals surface area contributed by atoms with Crippen LogP contribution in [-0.2, 0) is 0 Å². The van der Waals surface area contributed by atoms with E-state index in [1.807, 2.05) is 12.2 Å². The Morgan fingerprint density at radius 2 is 1.30 bits per heavy atom. The molecule has 4 aromatic rings. The molecule has 0 saturated carbocycles. The molecule has 1 heteroatoms. The summed E-state index contributed by atoms with van der Waals surface area (Å²) in [7, 11) is 0. The SMILES string of the molecule is C1=COc2c(c3ccccc3c3cc4ccccc4cc23)C=C1. The molecule has 0 bridgehead atoms. The number of hydrogen-bond donors (Lipinski definition) is 0. The second-order valence-corrected chi connectivity index (χ2v) is 5.84. The summed E-state index contributed by atoms with van der Waals surface area (Å²) in [5.74, 6) is 0.939. The van der Waals surface area contributed by atoms with Gasteiger partial charge in [-0.15, -0.1) is 0 Å². The van der Waals surface area contributed by atoms with E-state index in [1.54, 1.807) is 6.26 Å². The number of allylic oxidation sites excluding steroid dienone is 2. The van der Waals surface area contributed by atoms with Gasteiger partial charge in [0.05, 0.1) is 6.26 Å². The highest BCUT2D eigenvalue weighted by atomic mass is 16.5. The maximum absolute atomic E-state index is 5.98. The van der Waals surface area contributed by atoms with Crippen LogP contribution in [0.1, 0.15) is 5.56 Å². The molecule has 1 heterocycles. The summed E-state index contributed by atoms with van der Waals surface area (Å²) in [5.41, 5.74) is 1.15. The highest BCUT2D eigenvalue weighted by Gasteiger charge is 2.15. The lowest BCUT2D eigenvalue weighted by molar-refractivity contribution is 0.488. The lowest BCUT2D eigenvalue weighted by Crippen LogP contribution is -1.91. The van der Waals surface area contributed by atoms with E-state index >= 15 is 0 Å². The third-order valence-electron chi connectivity index (χ3n) is 4.52. The van der Waals surface area contributed by atoms with Gasteiger partial charge < -0.3 is 4.74 Å². The Labute approximate surface area is 134 Å². The summed E-state index contributed by atoms with van der Waals surface area (Å²) < 4.78 is 5.98. The van der Waals surface area contributed by atoms with Crippen molar-refractivity contribution in [3.05, 3.63) is 84.6 Å². The van der Waals surface area contributed by atoms with Crippen LogP contribution in [0.15, 0.2) is 79.1 Å². The summed E-state index contributed by atoms with van der Waals surface area (Å²) in [5, 5.41) is 7.38. The van der Waals surface area contributed by atoms with Crippen LogP contribution < -0.4 is 4.74 Å². The van der Waals surface area contributed by atoms with Crippen LogP contribution >= 0.6 is 0 Å². The third kappa shape index (κ3) is 1.80. The van der Waals surface area contributed by atoms with E-state index in [9.17, 15) is 0 Å². The number of rotatable bonds is 0. The summed E-state index contributed by atoms with van der Waals surface area (Å²) in [6.45, 7) is 0. The molecular formula is C22H14O.